The van der Waals surface area contributed by atoms with Gasteiger partial charge in [0.2, 0.25) is 5.91 Å². The average molecular weight is 342 g/mol. The first-order valence-corrected chi connectivity index (χ1v) is 8.53. The van der Waals surface area contributed by atoms with Crippen LogP contribution in [0.1, 0.15) is 13.8 Å². The molecule has 0 fully saturated rings. The lowest BCUT2D eigenvalue weighted by Gasteiger charge is -2.07. The van der Waals surface area contributed by atoms with E-state index < -0.39 is 0 Å². The smallest absolute Gasteiger partial charge is 0.222 e. The molecule has 2 N–H and O–H groups in total. The van der Waals surface area contributed by atoms with Gasteiger partial charge in [-0.2, -0.15) is 0 Å². The van der Waals surface area contributed by atoms with Gasteiger partial charge in [0.05, 0.1) is 24.5 Å². The highest BCUT2D eigenvalue weighted by molar-refractivity contribution is 7.99. The van der Waals surface area contributed by atoms with Crippen molar-refractivity contribution in [1.29, 1.82) is 0 Å². The Labute approximate surface area is 144 Å². The number of hydrogen-bond acceptors (Lipinski definition) is 5. The van der Waals surface area contributed by atoms with E-state index in [1.54, 1.807) is 25.1 Å². The molecule has 0 radical (unpaired) electrons. The van der Waals surface area contributed by atoms with Crippen molar-refractivity contribution >= 4 is 34.4 Å². The molecule has 6 nitrogen and oxygen atoms in total. The second-order valence-electron chi connectivity index (χ2n) is 5.16. The first-order valence-electron chi connectivity index (χ1n) is 7.54. The number of fused-ring (bicyclic) bond motifs is 1. The summed E-state index contributed by atoms with van der Waals surface area (Å²) < 4.78 is 5.40. The molecule has 24 heavy (non-hydrogen) atoms. The van der Waals surface area contributed by atoms with Crippen LogP contribution >= 0.6 is 11.8 Å². The number of ether oxygens (including phenoxy) is 1. The topological polar surface area (TPSA) is 79.9 Å². The number of hydrogen-bond donors (Lipinski definition) is 2. The van der Waals surface area contributed by atoms with E-state index in [0.29, 0.717) is 5.82 Å². The molecule has 0 saturated carbocycles. The summed E-state index contributed by atoms with van der Waals surface area (Å²) in [5.74, 6) is 2.06. The first-order chi connectivity index (χ1) is 11.6. The summed E-state index contributed by atoms with van der Waals surface area (Å²) in [6, 6.07) is 5.67. The molecule has 0 unspecified atom stereocenters. The summed E-state index contributed by atoms with van der Waals surface area (Å²) in [6.45, 7) is 3.55. The number of anilines is 1. The molecule has 3 rings (SSSR count). The third-order valence-electron chi connectivity index (χ3n) is 3.45. The van der Waals surface area contributed by atoms with Crippen molar-refractivity contribution in [2.24, 2.45) is 0 Å². The van der Waals surface area contributed by atoms with Gasteiger partial charge in [0.15, 0.2) is 0 Å². The molecular weight excluding hydrogens is 324 g/mol. The van der Waals surface area contributed by atoms with Gasteiger partial charge in [0.25, 0.3) is 0 Å². The number of carbonyl (C=O) groups is 1. The molecule has 0 atom stereocenters. The molecule has 0 spiro atoms. The van der Waals surface area contributed by atoms with Gasteiger partial charge in [-0.15, -0.1) is 11.8 Å². The minimum absolute atomic E-state index is 0.153. The maximum absolute atomic E-state index is 11.3. The van der Waals surface area contributed by atoms with Gasteiger partial charge >= 0.3 is 0 Å². The lowest BCUT2D eigenvalue weighted by Crippen LogP contribution is -2.06. The van der Waals surface area contributed by atoms with E-state index in [9.17, 15) is 4.79 Å². The summed E-state index contributed by atoms with van der Waals surface area (Å²) in [4.78, 5) is 23.4. The maximum atomic E-state index is 11.3. The molecule has 7 heteroatoms. The normalized spacial score (nSPS) is 10.8. The van der Waals surface area contributed by atoms with Gasteiger partial charge in [-0.1, -0.05) is 6.92 Å². The Morgan fingerprint density at radius 3 is 2.92 bits per heavy atom. The fraction of sp³-hybridized carbons (Fsp3) is 0.235. The van der Waals surface area contributed by atoms with Gasteiger partial charge in [-0.25, -0.2) is 9.97 Å². The van der Waals surface area contributed by atoms with Crippen molar-refractivity contribution in [3.8, 4) is 17.0 Å². The van der Waals surface area contributed by atoms with Crippen LogP contribution < -0.4 is 10.1 Å². The predicted molar refractivity (Wildman–Crippen MR) is 96.6 cm³/mol. The van der Waals surface area contributed by atoms with E-state index in [1.807, 2.05) is 24.4 Å². The summed E-state index contributed by atoms with van der Waals surface area (Å²) in [5.41, 5.74) is 2.64. The Hall–Kier alpha value is -2.54. The molecule has 3 aromatic rings. The molecule has 1 amide bonds. The Balaban J connectivity index is 2.11. The van der Waals surface area contributed by atoms with Crippen molar-refractivity contribution in [2.75, 3.05) is 18.2 Å². The lowest BCUT2D eigenvalue weighted by atomic mass is 10.1. The van der Waals surface area contributed by atoms with Crippen LogP contribution in [0.3, 0.4) is 0 Å². The summed E-state index contributed by atoms with van der Waals surface area (Å²) >= 11 is 1.66. The summed E-state index contributed by atoms with van der Waals surface area (Å²) in [5, 5.41) is 4.57. The molecule has 0 aliphatic heterocycles. The van der Waals surface area contributed by atoms with Crippen LogP contribution in [0.4, 0.5) is 5.82 Å². The monoisotopic (exact) mass is 342 g/mol. The lowest BCUT2D eigenvalue weighted by molar-refractivity contribution is -0.114. The molecule has 3 aromatic heterocycles. The maximum Gasteiger partial charge on any atom is 0.222 e. The molecule has 0 aliphatic carbocycles. The number of carbonyl (C=O) groups excluding carboxylic acids is 1. The Kier molecular flexibility index (Phi) is 4.71. The number of methoxy groups -OCH3 is 1. The Morgan fingerprint density at radius 2 is 2.21 bits per heavy atom. The number of aromatic amines is 1. The zero-order valence-corrected chi connectivity index (χ0v) is 14.5. The van der Waals surface area contributed by atoms with Crippen LogP contribution in [0, 0.1) is 0 Å². The number of pyridine rings is 2. The Bertz CT molecular complexity index is 891. The molecule has 0 bridgehead atoms. The van der Waals surface area contributed by atoms with Crippen molar-refractivity contribution < 1.29 is 9.53 Å². The minimum Gasteiger partial charge on any atom is -0.497 e. The fourth-order valence-corrected chi connectivity index (χ4v) is 3.10. The fourth-order valence-electron chi connectivity index (χ4n) is 2.44. The zero-order chi connectivity index (χ0) is 17.1. The van der Waals surface area contributed by atoms with Crippen molar-refractivity contribution in [3.05, 3.63) is 30.6 Å². The van der Waals surface area contributed by atoms with Crippen molar-refractivity contribution in [2.45, 2.75) is 18.9 Å². The second kappa shape index (κ2) is 6.92. The number of H-pyrrole nitrogens is 1. The van der Waals surface area contributed by atoms with E-state index in [-0.39, 0.29) is 5.91 Å². The standard InChI is InChI=1S/C17H18N4O2S/c1-4-24-17-6-11(23-3)5-14(21-17)13-8-18-15-9-19-16(7-12(13)15)20-10(2)22/h5-9,18H,4H2,1-3H3,(H,19,20,22). The van der Waals surface area contributed by atoms with Crippen LogP contribution in [-0.4, -0.2) is 33.7 Å². The number of thioether (sulfide) groups is 1. The molecule has 124 valence electrons. The Morgan fingerprint density at radius 1 is 1.38 bits per heavy atom. The highest BCUT2D eigenvalue weighted by Gasteiger charge is 2.12. The SMILES string of the molecule is CCSc1cc(OC)cc(-c2c[nH]c3cnc(NC(C)=O)cc23)n1. The minimum atomic E-state index is -0.153. The van der Waals surface area contributed by atoms with Gasteiger partial charge in [0.1, 0.15) is 16.6 Å². The molecule has 0 aliphatic rings. The third kappa shape index (κ3) is 3.35. The number of nitrogens with one attached hydrogen (secondary N) is 2. The molecule has 3 heterocycles. The van der Waals surface area contributed by atoms with Crippen LogP contribution in [0.5, 0.6) is 5.75 Å². The summed E-state index contributed by atoms with van der Waals surface area (Å²) in [6.07, 6.45) is 3.60. The van der Waals surface area contributed by atoms with E-state index in [0.717, 1.165) is 38.7 Å². The molecular formula is C17H18N4O2S. The van der Waals surface area contributed by atoms with Gasteiger partial charge in [-0.3, -0.25) is 4.79 Å². The highest BCUT2D eigenvalue weighted by atomic mass is 32.2. The number of amides is 1. The van der Waals surface area contributed by atoms with Gasteiger partial charge < -0.3 is 15.0 Å². The van der Waals surface area contributed by atoms with Crippen molar-refractivity contribution in [1.82, 2.24) is 15.0 Å². The van der Waals surface area contributed by atoms with Crippen molar-refractivity contribution in [3.63, 3.8) is 0 Å². The predicted octanol–water partition coefficient (Wildman–Crippen LogP) is 3.70. The van der Waals surface area contributed by atoms with E-state index in [2.05, 4.69) is 22.2 Å². The zero-order valence-electron chi connectivity index (χ0n) is 13.7. The average Bonchev–Trinajstić information content (AvgIpc) is 2.97. The first kappa shape index (κ1) is 16.3. The van der Waals surface area contributed by atoms with E-state index in [4.69, 9.17) is 9.72 Å². The van der Waals surface area contributed by atoms with Crippen LogP contribution in [0.25, 0.3) is 22.2 Å². The van der Waals surface area contributed by atoms with Crippen LogP contribution in [-0.2, 0) is 4.79 Å². The van der Waals surface area contributed by atoms with Gasteiger partial charge in [-0.05, 0) is 11.8 Å². The highest BCUT2D eigenvalue weighted by Crippen LogP contribution is 2.32. The number of rotatable bonds is 5. The van der Waals surface area contributed by atoms with E-state index >= 15 is 0 Å². The van der Waals surface area contributed by atoms with E-state index in [1.165, 1.54) is 6.92 Å². The van der Waals surface area contributed by atoms with Crippen LogP contribution in [0.15, 0.2) is 35.6 Å². The largest absolute Gasteiger partial charge is 0.497 e. The van der Waals surface area contributed by atoms with Crippen LogP contribution in [0.2, 0.25) is 0 Å². The number of nitrogens with zero attached hydrogens (tertiary/aromatic N) is 2. The second-order valence-corrected chi connectivity index (χ2v) is 6.45. The summed E-state index contributed by atoms with van der Waals surface area (Å²) in [7, 11) is 1.65. The molecule has 0 saturated heterocycles. The van der Waals surface area contributed by atoms with Gasteiger partial charge in [0, 0.05) is 36.2 Å². The third-order valence-corrected chi connectivity index (χ3v) is 4.24. The quantitative estimate of drug-likeness (QED) is 0.691. The molecule has 0 aromatic carbocycles. The number of aromatic nitrogens is 3.